The van der Waals surface area contributed by atoms with Crippen LogP contribution in [0.1, 0.15) is 27.0 Å². The topological polar surface area (TPSA) is 72.2 Å². The molecule has 0 saturated carbocycles. The molecule has 0 unspecified atom stereocenters. The first-order valence-corrected chi connectivity index (χ1v) is 8.67. The minimum Gasteiger partial charge on any atom is -0.355 e. The number of nitrogens with one attached hydrogen (secondary N) is 1. The number of amides is 1. The van der Waals surface area contributed by atoms with Crippen LogP contribution in [-0.4, -0.2) is 17.9 Å². The van der Waals surface area contributed by atoms with Crippen molar-refractivity contribution in [2.45, 2.75) is 6.92 Å². The van der Waals surface area contributed by atoms with Crippen LogP contribution in [0.3, 0.4) is 0 Å². The molecule has 5 nitrogen and oxygen atoms in total. The highest BCUT2D eigenvalue weighted by Gasteiger charge is 2.14. The lowest BCUT2D eigenvalue weighted by atomic mass is 10.0. The van der Waals surface area contributed by atoms with Crippen LogP contribution in [0.2, 0.25) is 0 Å². The zero-order valence-electron chi connectivity index (χ0n) is 15.5. The van der Waals surface area contributed by atoms with E-state index in [1.165, 1.54) is 6.07 Å². The third-order valence-electron chi connectivity index (χ3n) is 4.29. The molecule has 0 aliphatic rings. The lowest BCUT2D eigenvalue weighted by Crippen LogP contribution is -2.17. The van der Waals surface area contributed by atoms with Crippen molar-refractivity contribution in [3.05, 3.63) is 99.1 Å². The minimum absolute atomic E-state index is 0.0486. The maximum absolute atomic E-state index is 11.6. The van der Waals surface area contributed by atoms with Crippen molar-refractivity contribution in [2.24, 2.45) is 0 Å². The molecule has 0 radical (unpaired) electrons. The number of hydrogen-bond donors (Lipinski definition) is 1. The van der Waals surface area contributed by atoms with Crippen LogP contribution in [-0.2, 0) is 0 Å². The van der Waals surface area contributed by atoms with Crippen molar-refractivity contribution in [3.63, 3.8) is 0 Å². The number of hydrogen-bond acceptors (Lipinski definition) is 3. The average molecular weight is 370 g/mol. The highest BCUT2D eigenvalue weighted by atomic mass is 16.6. The minimum atomic E-state index is -0.429. The van der Waals surface area contributed by atoms with Crippen molar-refractivity contribution >= 4 is 11.6 Å². The number of nitrogens with zero attached hydrogens (tertiary/aromatic N) is 1. The lowest BCUT2D eigenvalue weighted by molar-refractivity contribution is -0.385. The van der Waals surface area contributed by atoms with Gasteiger partial charge in [-0.1, -0.05) is 47.7 Å². The van der Waals surface area contributed by atoms with E-state index >= 15 is 0 Å². The van der Waals surface area contributed by atoms with E-state index < -0.39 is 4.92 Å². The van der Waals surface area contributed by atoms with Crippen molar-refractivity contribution < 1.29 is 9.72 Å². The molecule has 0 aliphatic heterocycles. The average Bonchev–Trinajstić information content (AvgIpc) is 2.72. The molecule has 0 spiro atoms. The molecule has 138 valence electrons. The Morgan fingerprint density at radius 2 is 1.57 bits per heavy atom. The predicted octanol–water partition coefficient (Wildman–Crippen LogP) is 4.33. The summed E-state index contributed by atoms with van der Waals surface area (Å²) in [7, 11) is 1.57. The molecular weight excluding hydrogens is 352 g/mol. The molecule has 0 aromatic heterocycles. The van der Waals surface area contributed by atoms with Gasteiger partial charge in [-0.15, -0.1) is 0 Å². The Labute approximate surface area is 163 Å². The highest BCUT2D eigenvalue weighted by Crippen LogP contribution is 2.27. The molecule has 5 heteroatoms. The second-order valence-electron chi connectivity index (χ2n) is 6.26. The standard InChI is InChI=1S/C23H18N2O3/c1-16-3-5-17(6-4-16)7-8-19-11-14-21(15-22(19)25(27)28)18-9-12-20(13-10-18)23(26)24-2/h3-6,9-15H,1-2H3,(H,24,26). The number of benzene rings is 3. The third kappa shape index (κ3) is 4.25. The molecular formula is C23H18N2O3. The van der Waals surface area contributed by atoms with Gasteiger partial charge in [0.05, 0.1) is 4.92 Å². The maximum atomic E-state index is 11.6. The number of nitro groups is 1. The summed E-state index contributed by atoms with van der Waals surface area (Å²) < 4.78 is 0. The molecule has 3 aromatic carbocycles. The fourth-order valence-electron chi connectivity index (χ4n) is 2.70. The highest BCUT2D eigenvalue weighted by molar-refractivity contribution is 5.94. The van der Waals surface area contributed by atoms with Gasteiger partial charge >= 0.3 is 0 Å². The summed E-state index contributed by atoms with van der Waals surface area (Å²) in [5.74, 6) is 5.68. The van der Waals surface area contributed by atoms with Gasteiger partial charge in [-0.05, 0) is 48.4 Å². The second-order valence-corrected chi connectivity index (χ2v) is 6.26. The van der Waals surface area contributed by atoms with Gasteiger partial charge < -0.3 is 5.32 Å². The summed E-state index contributed by atoms with van der Waals surface area (Å²) in [4.78, 5) is 22.7. The van der Waals surface area contributed by atoms with Crippen LogP contribution >= 0.6 is 0 Å². The maximum Gasteiger partial charge on any atom is 0.285 e. The van der Waals surface area contributed by atoms with Crippen LogP contribution in [0.4, 0.5) is 5.69 Å². The van der Waals surface area contributed by atoms with Gasteiger partial charge in [-0.25, -0.2) is 0 Å². The molecule has 3 rings (SSSR count). The number of carbonyl (C=O) groups excluding carboxylic acids is 1. The van der Waals surface area contributed by atoms with E-state index in [1.54, 1.807) is 43.4 Å². The summed E-state index contributed by atoms with van der Waals surface area (Å²) in [6, 6.07) is 19.5. The Morgan fingerprint density at radius 1 is 0.929 bits per heavy atom. The van der Waals surface area contributed by atoms with E-state index in [9.17, 15) is 14.9 Å². The smallest absolute Gasteiger partial charge is 0.285 e. The Morgan fingerprint density at radius 3 is 2.18 bits per heavy atom. The Hall–Kier alpha value is -3.91. The van der Waals surface area contributed by atoms with Gasteiger partial charge in [0.25, 0.3) is 11.6 Å². The predicted molar refractivity (Wildman–Crippen MR) is 109 cm³/mol. The molecule has 0 aliphatic carbocycles. The molecule has 28 heavy (non-hydrogen) atoms. The summed E-state index contributed by atoms with van der Waals surface area (Å²) in [5.41, 5.74) is 4.24. The van der Waals surface area contributed by atoms with Crippen molar-refractivity contribution in [1.29, 1.82) is 0 Å². The molecule has 0 fully saturated rings. The fourth-order valence-corrected chi connectivity index (χ4v) is 2.70. The molecule has 1 amide bonds. The van der Waals surface area contributed by atoms with E-state index in [-0.39, 0.29) is 11.6 Å². The van der Waals surface area contributed by atoms with E-state index in [2.05, 4.69) is 17.2 Å². The fraction of sp³-hybridized carbons (Fsp3) is 0.0870. The summed E-state index contributed by atoms with van der Waals surface area (Å²) >= 11 is 0. The summed E-state index contributed by atoms with van der Waals surface area (Å²) in [6.45, 7) is 1.99. The molecule has 1 N–H and O–H groups in total. The SMILES string of the molecule is CNC(=O)c1ccc(-c2ccc(C#Cc3ccc(C)cc3)c([N+](=O)[O-])c2)cc1. The van der Waals surface area contributed by atoms with Crippen LogP contribution in [0, 0.1) is 28.9 Å². The zero-order chi connectivity index (χ0) is 20.1. The largest absolute Gasteiger partial charge is 0.355 e. The van der Waals surface area contributed by atoms with Gasteiger partial charge in [0.2, 0.25) is 0 Å². The molecule has 0 heterocycles. The summed E-state index contributed by atoms with van der Waals surface area (Å²) in [5, 5.41) is 14.1. The van der Waals surface area contributed by atoms with Gasteiger partial charge in [0.1, 0.15) is 5.56 Å². The first-order chi connectivity index (χ1) is 13.5. The van der Waals surface area contributed by atoms with Gasteiger partial charge in [-0.2, -0.15) is 0 Å². The number of aryl methyl sites for hydroxylation is 1. The second kappa shape index (κ2) is 8.19. The molecule has 0 bridgehead atoms. The van der Waals surface area contributed by atoms with E-state index in [4.69, 9.17) is 0 Å². The van der Waals surface area contributed by atoms with Crippen molar-refractivity contribution in [3.8, 4) is 23.0 Å². The monoisotopic (exact) mass is 370 g/mol. The normalized spacial score (nSPS) is 9.93. The number of carbonyl (C=O) groups is 1. The van der Waals surface area contributed by atoms with Crippen LogP contribution in [0.15, 0.2) is 66.7 Å². The van der Waals surface area contributed by atoms with Gasteiger partial charge in [0, 0.05) is 24.2 Å². The third-order valence-corrected chi connectivity index (χ3v) is 4.29. The number of rotatable bonds is 3. The Balaban J connectivity index is 1.94. The van der Waals surface area contributed by atoms with E-state index in [0.717, 1.165) is 16.7 Å². The summed E-state index contributed by atoms with van der Waals surface area (Å²) in [6.07, 6.45) is 0. The van der Waals surface area contributed by atoms with Crippen LogP contribution in [0.5, 0.6) is 0 Å². The van der Waals surface area contributed by atoms with Gasteiger partial charge in [0.15, 0.2) is 0 Å². The Bertz CT molecular complexity index is 1090. The van der Waals surface area contributed by atoms with Crippen LogP contribution in [0.25, 0.3) is 11.1 Å². The zero-order valence-corrected chi connectivity index (χ0v) is 15.5. The van der Waals surface area contributed by atoms with Gasteiger partial charge in [-0.3, -0.25) is 14.9 Å². The quantitative estimate of drug-likeness (QED) is 0.424. The molecule has 3 aromatic rings. The lowest BCUT2D eigenvalue weighted by Gasteiger charge is -2.05. The van der Waals surface area contributed by atoms with Crippen LogP contribution < -0.4 is 5.32 Å². The van der Waals surface area contributed by atoms with Crippen molar-refractivity contribution in [1.82, 2.24) is 5.32 Å². The molecule has 0 atom stereocenters. The van der Waals surface area contributed by atoms with E-state index in [0.29, 0.717) is 16.7 Å². The van der Waals surface area contributed by atoms with E-state index in [1.807, 2.05) is 31.2 Å². The van der Waals surface area contributed by atoms with Crippen molar-refractivity contribution in [2.75, 3.05) is 7.05 Å². The first-order valence-electron chi connectivity index (χ1n) is 8.67. The Kier molecular flexibility index (Phi) is 5.52. The number of nitro benzene ring substituents is 1. The molecule has 0 saturated heterocycles. The first kappa shape index (κ1) is 18.9.